The molecule has 5 rings (SSSR count). The molecule has 0 fully saturated rings. The Bertz CT molecular complexity index is 1740. The fraction of sp³-hybridized carbons (Fsp3) is 0.257. The van der Waals surface area contributed by atoms with Gasteiger partial charge in [-0.15, -0.1) is 11.3 Å². The first-order valence-corrected chi connectivity index (χ1v) is 15.7. The Labute approximate surface area is 275 Å². The third-order valence-electron chi connectivity index (χ3n) is 6.88. The van der Waals surface area contributed by atoms with Crippen LogP contribution in [0.5, 0.6) is 0 Å². The molecule has 0 aliphatic carbocycles. The summed E-state index contributed by atoms with van der Waals surface area (Å²) in [7, 11) is 1.67. The summed E-state index contributed by atoms with van der Waals surface area (Å²) >= 11 is 1.47. The first-order valence-electron chi connectivity index (χ1n) is 14.9. The molecule has 0 atom stereocenters. The van der Waals surface area contributed by atoms with E-state index < -0.39 is 11.7 Å². The van der Waals surface area contributed by atoms with Gasteiger partial charge in [0.1, 0.15) is 5.01 Å². The van der Waals surface area contributed by atoms with Crippen molar-refractivity contribution >= 4 is 23.2 Å². The summed E-state index contributed by atoms with van der Waals surface area (Å²) in [6.07, 6.45) is -1.06. The quantitative estimate of drug-likeness (QED) is 0.144. The van der Waals surface area contributed by atoms with Gasteiger partial charge in [0.15, 0.2) is 12.2 Å². The first-order chi connectivity index (χ1) is 22.5. The van der Waals surface area contributed by atoms with Gasteiger partial charge in [0.25, 0.3) is 11.8 Å². The second kappa shape index (κ2) is 16.7. The van der Waals surface area contributed by atoms with Crippen molar-refractivity contribution in [1.29, 1.82) is 0 Å². The van der Waals surface area contributed by atoms with Gasteiger partial charge in [-0.1, -0.05) is 54.1 Å². The highest BCUT2D eigenvalue weighted by atomic mass is 32.1. The van der Waals surface area contributed by atoms with Crippen molar-refractivity contribution in [1.82, 2.24) is 25.5 Å². The Hall–Kier alpha value is -4.81. The van der Waals surface area contributed by atoms with Crippen molar-refractivity contribution in [3.8, 4) is 11.3 Å². The summed E-state index contributed by atoms with van der Waals surface area (Å²) in [5.74, 6) is -0.228. The first kappa shape index (κ1) is 35.1. The maximum absolute atomic E-state index is 13.2. The number of hydrogen-bond donors (Lipinski definition) is 2. The topological polar surface area (TPSA) is 100 Å². The van der Waals surface area contributed by atoms with Gasteiger partial charge >= 0.3 is 6.18 Å². The van der Waals surface area contributed by atoms with E-state index in [2.05, 4.69) is 39.7 Å². The minimum atomic E-state index is -4.38. The van der Waals surface area contributed by atoms with E-state index in [1.54, 1.807) is 25.2 Å². The lowest BCUT2D eigenvalue weighted by molar-refractivity contribution is -0.137. The lowest BCUT2D eigenvalue weighted by atomic mass is 10.0. The molecule has 246 valence electrons. The fourth-order valence-electron chi connectivity index (χ4n) is 4.50. The second-order valence-corrected chi connectivity index (χ2v) is 11.8. The number of thiazole rings is 1. The molecule has 3 aromatic carbocycles. The number of aromatic nitrogens is 2. The number of nitrogens with one attached hydrogen (secondary N) is 2. The zero-order valence-corrected chi connectivity index (χ0v) is 27.1. The summed E-state index contributed by atoms with van der Waals surface area (Å²) in [6, 6.07) is 20.2. The highest BCUT2D eigenvalue weighted by molar-refractivity contribution is 7.09. The molecule has 2 amide bonds. The van der Waals surface area contributed by atoms with Gasteiger partial charge in [0.2, 0.25) is 0 Å². The van der Waals surface area contributed by atoms with Crippen LogP contribution < -0.4 is 10.6 Å². The Morgan fingerprint density at radius 3 is 2.36 bits per heavy atom. The molecule has 0 saturated carbocycles. The van der Waals surface area contributed by atoms with E-state index in [0.29, 0.717) is 48.5 Å². The highest BCUT2D eigenvalue weighted by Gasteiger charge is 2.30. The van der Waals surface area contributed by atoms with Crippen molar-refractivity contribution in [3.63, 3.8) is 0 Å². The van der Waals surface area contributed by atoms with Gasteiger partial charge in [0, 0.05) is 47.9 Å². The normalized spacial score (nSPS) is 11.0. The molecule has 0 saturated heterocycles. The fourth-order valence-corrected chi connectivity index (χ4v) is 5.32. The van der Waals surface area contributed by atoms with E-state index in [9.17, 15) is 22.8 Å². The van der Waals surface area contributed by atoms with Crippen LogP contribution in [0.1, 0.15) is 54.5 Å². The van der Waals surface area contributed by atoms with Crippen LogP contribution in [0, 0.1) is 13.8 Å². The van der Waals surface area contributed by atoms with Crippen LogP contribution in [-0.2, 0) is 19.3 Å². The molecular formula is C35H36F3N5O3S. The number of carbonyl (C=O) groups excluding carboxylic acids is 2. The maximum Gasteiger partial charge on any atom is 0.416 e. The number of rotatable bonds is 11. The van der Waals surface area contributed by atoms with Crippen LogP contribution in [0.25, 0.3) is 11.3 Å². The predicted molar refractivity (Wildman–Crippen MR) is 176 cm³/mol. The van der Waals surface area contributed by atoms with E-state index >= 15 is 0 Å². The van der Waals surface area contributed by atoms with E-state index in [4.69, 9.17) is 4.42 Å². The molecule has 2 N–H and O–H groups in total. The van der Waals surface area contributed by atoms with Crippen molar-refractivity contribution in [2.24, 2.45) is 0 Å². The van der Waals surface area contributed by atoms with Gasteiger partial charge in [-0.3, -0.25) is 9.59 Å². The van der Waals surface area contributed by atoms with E-state index in [1.807, 2.05) is 30.5 Å². The molecule has 2 aromatic heterocycles. The summed E-state index contributed by atoms with van der Waals surface area (Å²) < 4.78 is 44.0. The smallest absolute Gasteiger partial charge is 0.416 e. The second-order valence-electron chi connectivity index (χ2n) is 10.8. The van der Waals surface area contributed by atoms with Gasteiger partial charge in [0.05, 0.1) is 18.3 Å². The molecule has 0 spiro atoms. The molecule has 2 heterocycles. The summed E-state index contributed by atoms with van der Waals surface area (Å²) in [5, 5.41) is 8.64. The zero-order valence-electron chi connectivity index (χ0n) is 26.3. The van der Waals surface area contributed by atoms with Gasteiger partial charge in [-0.25, -0.2) is 9.97 Å². The van der Waals surface area contributed by atoms with Crippen molar-refractivity contribution in [2.45, 2.75) is 39.5 Å². The van der Waals surface area contributed by atoms with Crippen molar-refractivity contribution in [2.75, 3.05) is 20.1 Å². The summed E-state index contributed by atoms with van der Waals surface area (Å²) in [4.78, 5) is 36.1. The Balaban J connectivity index is 0.000000632. The van der Waals surface area contributed by atoms with Gasteiger partial charge in [-0.05, 0) is 56.6 Å². The average Bonchev–Trinajstić information content (AvgIpc) is 3.74. The van der Waals surface area contributed by atoms with Crippen LogP contribution in [0.2, 0.25) is 0 Å². The van der Waals surface area contributed by atoms with E-state index in [1.165, 1.54) is 46.5 Å². The molecule has 0 radical (unpaired) electrons. The van der Waals surface area contributed by atoms with Crippen LogP contribution in [0.4, 0.5) is 13.2 Å². The Morgan fingerprint density at radius 2 is 1.72 bits per heavy atom. The van der Waals surface area contributed by atoms with E-state index in [-0.39, 0.29) is 23.9 Å². The molecule has 0 aliphatic rings. The lowest BCUT2D eigenvalue weighted by Gasteiger charge is -2.17. The number of aryl methyl sites for hydroxylation is 2. The summed E-state index contributed by atoms with van der Waals surface area (Å²) in [5.41, 5.74) is 3.18. The van der Waals surface area contributed by atoms with Crippen LogP contribution in [-0.4, -0.2) is 46.8 Å². The zero-order chi connectivity index (χ0) is 33.8. The minimum absolute atomic E-state index is 0.274. The number of amides is 2. The molecule has 8 nitrogen and oxygen atoms in total. The van der Waals surface area contributed by atoms with Crippen molar-refractivity contribution in [3.05, 3.63) is 129 Å². The molecule has 0 unspecified atom stereocenters. The SMILES string of the molecule is Cc1ccccc1.Cc1csc(CN(C)C(=O)c2cc(C(=O)NCCCNCc3cccc(C(F)(F)F)c3)cc(-c3cnco3)c2)n1. The molecule has 47 heavy (non-hydrogen) atoms. The van der Waals surface area contributed by atoms with Crippen LogP contribution >= 0.6 is 11.3 Å². The maximum atomic E-state index is 13.2. The van der Waals surface area contributed by atoms with Gasteiger partial charge < -0.3 is 20.0 Å². The van der Waals surface area contributed by atoms with E-state index in [0.717, 1.165) is 22.8 Å². The number of halogens is 3. The molecule has 0 bridgehead atoms. The number of oxazole rings is 1. The molecule has 5 aromatic rings. The largest absolute Gasteiger partial charge is 0.444 e. The monoisotopic (exact) mass is 663 g/mol. The van der Waals surface area contributed by atoms with Gasteiger partial charge in [-0.2, -0.15) is 13.2 Å². The number of hydrogen-bond acceptors (Lipinski definition) is 7. The molecule has 0 aliphatic heterocycles. The highest BCUT2D eigenvalue weighted by Crippen LogP contribution is 2.29. The minimum Gasteiger partial charge on any atom is -0.444 e. The Morgan fingerprint density at radius 1 is 0.957 bits per heavy atom. The predicted octanol–water partition coefficient (Wildman–Crippen LogP) is 7.30. The summed E-state index contributed by atoms with van der Waals surface area (Å²) in [6.45, 7) is 5.39. The number of alkyl halides is 3. The lowest BCUT2D eigenvalue weighted by Crippen LogP contribution is -2.29. The third kappa shape index (κ3) is 10.9. The van der Waals surface area contributed by atoms with Crippen LogP contribution in [0.15, 0.2) is 95.2 Å². The molecular weight excluding hydrogens is 627 g/mol. The Kier molecular flexibility index (Phi) is 12.4. The number of carbonyl (C=O) groups is 2. The van der Waals surface area contributed by atoms with Crippen LogP contribution in [0.3, 0.4) is 0 Å². The average molecular weight is 664 g/mol. The number of benzene rings is 3. The standard InChI is InChI=1S/C28H28F3N5O3S.C7H8/c1-18-16-40-25(35-18)15-36(2)27(38)22-11-20(24-14-33-17-39-24)10-21(12-22)26(37)34-8-4-7-32-13-19-5-3-6-23(9-19)28(29,30)31;1-7-5-3-2-4-6-7/h3,5-6,9-12,14,16-17,32H,4,7-8,13,15H2,1-2H3,(H,34,37);2-6H,1H3. The molecule has 12 heteroatoms. The number of nitrogens with zero attached hydrogens (tertiary/aromatic N) is 3. The third-order valence-corrected chi connectivity index (χ3v) is 7.84. The van der Waals surface area contributed by atoms with Crippen molar-refractivity contribution < 1.29 is 27.2 Å².